The molecule has 0 unspecified atom stereocenters. The van der Waals surface area contributed by atoms with Crippen LogP contribution in [0.3, 0.4) is 0 Å². The van der Waals surface area contributed by atoms with Gasteiger partial charge >= 0.3 is 0 Å². The van der Waals surface area contributed by atoms with Crippen molar-refractivity contribution in [2.75, 3.05) is 0 Å². The molecule has 19 heavy (non-hydrogen) atoms. The van der Waals surface area contributed by atoms with Crippen LogP contribution >= 0.6 is 11.6 Å². The zero-order chi connectivity index (χ0) is 14.0. The summed E-state index contributed by atoms with van der Waals surface area (Å²) in [6, 6.07) is 1.09. The lowest BCUT2D eigenvalue weighted by Crippen LogP contribution is -2.08. The summed E-state index contributed by atoms with van der Waals surface area (Å²) in [6.07, 6.45) is 1.97. The Kier molecular flexibility index (Phi) is 3.90. The maximum absolute atomic E-state index is 13.7. The van der Waals surface area contributed by atoms with Crippen LogP contribution in [-0.4, -0.2) is 21.1 Å². The van der Waals surface area contributed by atoms with Crippen LogP contribution in [0.5, 0.6) is 5.88 Å². The van der Waals surface area contributed by atoms with Gasteiger partial charge < -0.3 is 4.74 Å². The van der Waals surface area contributed by atoms with Crippen molar-refractivity contribution in [2.45, 2.75) is 20.0 Å². The van der Waals surface area contributed by atoms with E-state index in [1.54, 1.807) is 13.8 Å². The zero-order valence-electron chi connectivity index (χ0n) is 10.2. The van der Waals surface area contributed by atoms with Crippen LogP contribution in [0.4, 0.5) is 8.78 Å². The Morgan fingerprint density at radius 1 is 1.16 bits per heavy atom. The van der Waals surface area contributed by atoms with Crippen molar-refractivity contribution in [1.82, 2.24) is 15.0 Å². The standard InChI is InChI=1S/C12H10ClF2N3O/c1-6(2)19-11-8(14)3-7(4-16-11)10-9(15)5-17-12(13)18-10/h3-6H,1-2H3. The van der Waals surface area contributed by atoms with Crippen molar-refractivity contribution in [1.29, 1.82) is 0 Å². The second-order valence-electron chi connectivity index (χ2n) is 4.01. The summed E-state index contributed by atoms with van der Waals surface area (Å²) in [7, 11) is 0. The Bertz CT molecular complexity index is 608. The highest BCUT2D eigenvalue weighted by Gasteiger charge is 2.14. The van der Waals surface area contributed by atoms with E-state index < -0.39 is 11.6 Å². The Labute approximate surface area is 113 Å². The van der Waals surface area contributed by atoms with Crippen LogP contribution in [0.25, 0.3) is 11.3 Å². The first-order valence-electron chi connectivity index (χ1n) is 5.48. The summed E-state index contributed by atoms with van der Waals surface area (Å²) in [5.41, 5.74) is 0.0536. The molecule has 7 heteroatoms. The highest BCUT2D eigenvalue weighted by Crippen LogP contribution is 2.24. The number of hydrogen-bond donors (Lipinski definition) is 0. The molecule has 0 atom stereocenters. The summed E-state index contributed by atoms with van der Waals surface area (Å²) >= 11 is 5.58. The third-order valence-electron chi connectivity index (χ3n) is 2.14. The predicted molar refractivity (Wildman–Crippen MR) is 66.0 cm³/mol. The third-order valence-corrected chi connectivity index (χ3v) is 2.33. The van der Waals surface area contributed by atoms with Crippen molar-refractivity contribution < 1.29 is 13.5 Å². The predicted octanol–water partition coefficient (Wildman–Crippen LogP) is 3.26. The van der Waals surface area contributed by atoms with Gasteiger partial charge in [-0.3, -0.25) is 0 Å². The van der Waals surface area contributed by atoms with E-state index in [1.165, 1.54) is 6.20 Å². The monoisotopic (exact) mass is 285 g/mol. The molecule has 0 aliphatic carbocycles. The molecule has 0 N–H and O–H groups in total. The largest absolute Gasteiger partial charge is 0.473 e. The molecule has 0 fully saturated rings. The summed E-state index contributed by atoms with van der Waals surface area (Å²) in [5.74, 6) is -1.54. The molecule has 0 saturated heterocycles. The highest BCUT2D eigenvalue weighted by molar-refractivity contribution is 6.28. The van der Waals surface area contributed by atoms with Crippen LogP contribution in [0, 0.1) is 11.6 Å². The third kappa shape index (κ3) is 3.14. The Morgan fingerprint density at radius 2 is 1.89 bits per heavy atom. The van der Waals surface area contributed by atoms with E-state index in [4.69, 9.17) is 16.3 Å². The number of ether oxygens (including phenoxy) is 1. The molecule has 2 heterocycles. The molecule has 0 spiro atoms. The quantitative estimate of drug-likeness (QED) is 0.812. The van der Waals surface area contributed by atoms with Crippen LogP contribution < -0.4 is 4.74 Å². The minimum absolute atomic E-state index is 0.109. The minimum atomic E-state index is -0.705. The van der Waals surface area contributed by atoms with E-state index in [-0.39, 0.29) is 28.5 Å². The molecule has 2 aromatic heterocycles. The van der Waals surface area contributed by atoms with Crippen molar-refractivity contribution in [3.8, 4) is 17.1 Å². The van der Waals surface area contributed by atoms with E-state index in [2.05, 4.69) is 15.0 Å². The smallest absolute Gasteiger partial charge is 0.250 e. The molecule has 2 aromatic rings. The molecule has 0 aromatic carbocycles. The van der Waals surface area contributed by atoms with Crippen LogP contribution in [0.1, 0.15) is 13.8 Å². The number of nitrogens with zero attached hydrogens (tertiary/aromatic N) is 3. The average Bonchev–Trinajstić information content (AvgIpc) is 2.34. The Balaban J connectivity index is 2.41. The van der Waals surface area contributed by atoms with Gasteiger partial charge in [0.25, 0.3) is 5.88 Å². The number of hydrogen-bond acceptors (Lipinski definition) is 4. The van der Waals surface area contributed by atoms with E-state index in [0.29, 0.717) is 0 Å². The molecule has 2 rings (SSSR count). The first-order valence-corrected chi connectivity index (χ1v) is 5.85. The first kappa shape index (κ1) is 13.6. The van der Waals surface area contributed by atoms with Gasteiger partial charge in [0.1, 0.15) is 5.69 Å². The van der Waals surface area contributed by atoms with Gasteiger partial charge in [0.2, 0.25) is 5.28 Å². The van der Waals surface area contributed by atoms with Gasteiger partial charge in [-0.1, -0.05) is 0 Å². The van der Waals surface area contributed by atoms with E-state index in [0.717, 1.165) is 12.3 Å². The second kappa shape index (κ2) is 5.44. The van der Waals surface area contributed by atoms with Crippen molar-refractivity contribution in [2.24, 2.45) is 0 Å². The fourth-order valence-corrected chi connectivity index (χ4v) is 1.55. The molecule has 0 radical (unpaired) electrons. The maximum atomic E-state index is 13.7. The lowest BCUT2D eigenvalue weighted by atomic mass is 10.2. The molecule has 0 bridgehead atoms. The summed E-state index contributed by atoms with van der Waals surface area (Å²) in [5, 5.41) is -0.126. The van der Waals surface area contributed by atoms with Gasteiger partial charge in [-0.15, -0.1) is 0 Å². The van der Waals surface area contributed by atoms with Crippen molar-refractivity contribution >= 4 is 11.6 Å². The first-order chi connectivity index (χ1) is 8.97. The topological polar surface area (TPSA) is 47.9 Å². The Morgan fingerprint density at radius 3 is 2.53 bits per heavy atom. The fraction of sp³-hybridized carbons (Fsp3) is 0.250. The molecule has 0 aliphatic rings. The highest BCUT2D eigenvalue weighted by atomic mass is 35.5. The van der Waals surface area contributed by atoms with Gasteiger partial charge in [0, 0.05) is 11.8 Å². The van der Waals surface area contributed by atoms with Crippen LogP contribution in [-0.2, 0) is 0 Å². The molecular weight excluding hydrogens is 276 g/mol. The number of aromatic nitrogens is 3. The lowest BCUT2D eigenvalue weighted by molar-refractivity contribution is 0.221. The van der Waals surface area contributed by atoms with E-state index in [1.807, 2.05) is 0 Å². The normalized spacial score (nSPS) is 10.8. The lowest BCUT2D eigenvalue weighted by Gasteiger charge is -2.10. The number of halogens is 3. The molecule has 0 saturated carbocycles. The number of pyridine rings is 1. The van der Waals surface area contributed by atoms with Crippen molar-refractivity contribution in [3.05, 3.63) is 35.4 Å². The van der Waals surface area contributed by atoms with E-state index in [9.17, 15) is 8.78 Å². The average molecular weight is 286 g/mol. The zero-order valence-corrected chi connectivity index (χ0v) is 10.9. The fourth-order valence-electron chi connectivity index (χ4n) is 1.41. The van der Waals surface area contributed by atoms with Gasteiger partial charge in [0.15, 0.2) is 11.6 Å². The molecule has 4 nitrogen and oxygen atoms in total. The van der Waals surface area contributed by atoms with Gasteiger partial charge in [-0.25, -0.2) is 23.7 Å². The maximum Gasteiger partial charge on any atom is 0.250 e. The second-order valence-corrected chi connectivity index (χ2v) is 4.35. The molecule has 0 amide bonds. The van der Waals surface area contributed by atoms with E-state index >= 15 is 0 Å². The van der Waals surface area contributed by atoms with Crippen LogP contribution in [0.2, 0.25) is 5.28 Å². The van der Waals surface area contributed by atoms with Crippen molar-refractivity contribution in [3.63, 3.8) is 0 Å². The van der Waals surface area contributed by atoms with Crippen LogP contribution in [0.15, 0.2) is 18.5 Å². The molecule has 100 valence electrons. The van der Waals surface area contributed by atoms with Gasteiger partial charge in [-0.05, 0) is 31.5 Å². The number of rotatable bonds is 3. The summed E-state index contributed by atoms with van der Waals surface area (Å²) in [4.78, 5) is 11.0. The molecular formula is C12H10ClF2N3O. The van der Waals surface area contributed by atoms with Gasteiger partial charge in [0.05, 0.1) is 12.3 Å². The minimum Gasteiger partial charge on any atom is -0.473 e. The summed E-state index contributed by atoms with van der Waals surface area (Å²) in [6.45, 7) is 3.50. The Hall–Kier alpha value is -1.82. The molecule has 0 aliphatic heterocycles. The SMILES string of the molecule is CC(C)Oc1ncc(-c2nc(Cl)ncc2F)cc1F. The van der Waals surface area contributed by atoms with Gasteiger partial charge in [-0.2, -0.15) is 0 Å². The summed E-state index contributed by atoms with van der Waals surface area (Å²) < 4.78 is 32.4.